The summed E-state index contributed by atoms with van der Waals surface area (Å²) in [7, 11) is 0. The summed E-state index contributed by atoms with van der Waals surface area (Å²) in [5.74, 6) is -0.0653. The minimum atomic E-state index is -0.161. The number of hydrogen-bond donors (Lipinski definition) is 1. The van der Waals surface area contributed by atoms with Crippen molar-refractivity contribution in [3.8, 4) is 0 Å². The largest absolute Gasteiger partial charge is 0.357 e. The molecule has 0 bridgehead atoms. The number of aromatic nitrogens is 3. The number of nitrogens with one attached hydrogen (secondary N) is 1. The molecule has 4 rings (SSSR count). The molecule has 9 heteroatoms. The monoisotopic (exact) mass is 375 g/mol. The van der Waals surface area contributed by atoms with E-state index in [1.54, 1.807) is 0 Å². The molecule has 0 aromatic carbocycles. The molecule has 1 saturated carbocycles. The molecule has 26 heavy (non-hydrogen) atoms. The van der Waals surface area contributed by atoms with Gasteiger partial charge in [0.2, 0.25) is 21.9 Å². The third-order valence-electron chi connectivity index (χ3n) is 5.14. The van der Waals surface area contributed by atoms with Crippen molar-refractivity contribution in [2.24, 2.45) is 0 Å². The van der Waals surface area contributed by atoms with E-state index in [1.807, 2.05) is 6.92 Å². The van der Waals surface area contributed by atoms with Gasteiger partial charge in [-0.3, -0.25) is 19.3 Å². The van der Waals surface area contributed by atoms with Crippen LogP contribution in [-0.4, -0.2) is 43.4 Å². The second-order valence-corrected chi connectivity index (χ2v) is 7.80. The van der Waals surface area contributed by atoms with Crippen molar-refractivity contribution in [3.05, 3.63) is 22.1 Å². The SMILES string of the molecule is CCc1cc(=O)n2nc(NC3CCC(N4C(=O)CCC4=O)CC3)sc2n1. The Labute approximate surface area is 154 Å². The maximum absolute atomic E-state index is 12.1. The Morgan fingerprint density at radius 3 is 2.50 bits per heavy atom. The lowest BCUT2D eigenvalue weighted by molar-refractivity contribution is -0.141. The smallest absolute Gasteiger partial charge is 0.275 e. The van der Waals surface area contributed by atoms with Crippen LogP contribution in [0.25, 0.3) is 4.96 Å². The van der Waals surface area contributed by atoms with E-state index >= 15 is 0 Å². The van der Waals surface area contributed by atoms with Gasteiger partial charge in [-0.25, -0.2) is 4.98 Å². The van der Waals surface area contributed by atoms with Gasteiger partial charge in [-0.05, 0) is 32.1 Å². The highest BCUT2D eigenvalue weighted by molar-refractivity contribution is 7.20. The van der Waals surface area contributed by atoms with Crippen LogP contribution in [0, 0.1) is 0 Å². The number of rotatable bonds is 4. The Kier molecular flexibility index (Phi) is 4.47. The second kappa shape index (κ2) is 6.79. The van der Waals surface area contributed by atoms with Crippen molar-refractivity contribution < 1.29 is 9.59 Å². The van der Waals surface area contributed by atoms with Gasteiger partial charge in [-0.1, -0.05) is 18.3 Å². The zero-order valence-electron chi connectivity index (χ0n) is 14.6. The number of carbonyl (C=O) groups excluding carboxylic acids is 2. The van der Waals surface area contributed by atoms with Crippen LogP contribution in [0.2, 0.25) is 0 Å². The Hall–Kier alpha value is -2.29. The van der Waals surface area contributed by atoms with Crippen LogP contribution >= 0.6 is 11.3 Å². The van der Waals surface area contributed by atoms with Crippen LogP contribution in [0.3, 0.4) is 0 Å². The molecular formula is C17H21N5O3S. The minimum absolute atomic E-state index is 0.0299. The van der Waals surface area contributed by atoms with E-state index < -0.39 is 0 Å². The third-order valence-corrected chi connectivity index (χ3v) is 5.98. The van der Waals surface area contributed by atoms with Crippen LogP contribution in [0.1, 0.15) is 51.1 Å². The van der Waals surface area contributed by atoms with Gasteiger partial charge in [-0.2, -0.15) is 4.52 Å². The molecule has 2 fully saturated rings. The van der Waals surface area contributed by atoms with Crippen LogP contribution in [0.15, 0.2) is 10.9 Å². The lowest BCUT2D eigenvalue weighted by Gasteiger charge is -2.33. The summed E-state index contributed by atoms with van der Waals surface area (Å²) in [5, 5.41) is 8.40. The average Bonchev–Trinajstić information content (AvgIpc) is 3.19. The van der Waals surface area contributed by atoms with Gasteiger partial charge in [0, 0.05) is 36.7 Å². The topological polar surface area (TPSA) is 96.7 Å². The third kappa shape index (κ3) is 3.11. The maximum Gasteiger partial charge on any atom is 0.275 e. The van der Waals surface area contributed by atoms with Crippen molar-refractivity contribution >= 4 is 33.2 Å². The van der Waals surface area contributed by atoms with Crippen LogP contribution in [0.5, 0.6) is 0 Å². The molecule has 138 valence electrons. The number of amides is 2. The maximum atomic E-state index is 12.1. The highest BCUT2D eigenvalue weighted by Gasteiger charge is 2.36. The van der Waals surface area contributed by atoms with Crippen molar-refractivity contribution in [2.75, 3.05) is 5.32 Å². The van der Waals surface area contributed by atoms with Crippen LogP contribution in [-0.2, 0) is 16.0 Å². The molecule has 1 aliphatic heterocycles. The van der Waals surface area contributed by atoms with Gasteiger partial charge < -0.3 is 5.32 Å². The summed E-state index contributed by atoms with van der Waals surface area (Å²) in [4.78, 5) is 42.4. The fraction of sp³-hybridized carbons (Fsp3) is 0.588. The summed E-state index contributed by atoms with van der Waals surface area (Å²) >= 11 is 1.37. The first-order valence-corrected chi connectivity index (χ1v) is 9.88. The Balaban J connectivity index is 1.42. The molecule has 0 spiro atoms. The van der Waals surface area contributed by atoms with Crippen LogP contribution < -0.4 is 10.9 Å². The van der Waals surface area contributed by atoms with Gasteiger partial charge in [0.25, 0.3) is 5.56 Å². The van der Waals surface area contributed by atoms with Crippen molar-refractivity contribution in [2.45, 2.75) is 64.0 Å². The van der Waals surface area contributed by atoms with Gasteiger partial charge in [0.05, 0.1) is 0 Å². The first-order chi connectivity index (χ1) is 12.5. The number of hydrogen-bond acceptors (Lipinski definition) is 7. The predicted octanol–water partition coefficient (Wildman–Crippen LogP) is 1.59. The number of imide groups is 1. The molecule has 1 aliphatic carbocycles. The quantitative estimate of drug-likeness (QED) is 0.815. The first-order valence-electron chi connectivity index (χ1n) is 9.06. The summed E-state index contributed by atoms with van der Waals surface area (Å²) < 4.78 is 1.33. The molecule has 2 amide bonds. The highest BCUT2D eigenvalue weighted by atomic mass is 32.1. The van der Waals surface area contributed by atoms with E-state index in [0.717, 1.165) is 31.4 Å². The molecule has 0 radical (unpaired) electrons. The molecule has 1 saturated heterocycles. The fourth-order valence-corrected chi connectivity index (χ4v) is 4.65. The summed E-state index contributed by atoms with van der Waals surface area (Å²) in [6, 6.07) is 1.77. The minimum Gasteiger partial charge on any atom is -0.357 e. The predicted molar refractivity (Wildman–Crippen MR) is 97.3 cm³/mol. The van der Waals surface area contributed by atoms with Gasteiger partial charge in [-0.15, -0.1) is 5.10 Å². The van der Waals surface area contributed by atoms with Crippen molar-refractivity contribution in [3.63, 3.8) is 0 Å². The molecule has 2 aromatic heterocycles. The molecular weight excluding hydrogens is 354 g/mol. The van der Waals surface area contributed by atoms with E-state index in [0.29, 0.717) is 29.4 Å². The Morgan fingerprint density at radius 2 is 1.85 bits per heavy atom. The second-order valence-electron chi connectivity index (χ2n) is 6.85. The highest BCUT2D eigenvalue weighted by Crippen LogP contribution is 2.29. The van der Waals surface area contributed by atoms with E-state index in [2.05, 4.69) is 15.4 Å². The van der Waals surface area contributed by atoms with Crippen LogP contribution in [0.4, 0.5) is 5.13 Å². The number of fused-ring (bicyclic) bond motifs is 1. The van der Waals surface area contributed by atoms with Crippen molar-refractivity contribution in [1.29, 1.82) is 0 Å². The summed E-state index contributed by atoms with van der Waals surface area (Å²) in [6.07, 6.45) is 4.75. The Morgan fingerprint density at radius 1 is 1.15 bits per heavy atom. The van der Waals surface area contributed by atoms with E-state index in [-0.39, 0.29) is 29.5 Å². The summed E-state index contributed by atoms with van der Waals surface area (Å²) in [5.41, 5.74) is 0.608. The number of carbonyl (C=O) groups is 2. The Bertz CT molecular complexity index is 897. The molecule has 0 unspecified atom stereocenters. The van der Waals surface area contributed by atoms with E-state index in [9.17, 15) is 14.4 Å². The number of nitrogens with zero attached hydrogens (tertiary/aromatic N) is 4. The zero-order valence-corrected chi connectivity index (χ0v) is 15.4. The number of aryl methyl sites for hydroxylation is 1. The number of anilines is 1. The molecule has 2 aromatic rings. The van der Waals surface area contributed by atoms with E-state index in [4.69, 9.17) is 0 Å². The van der Waals surface area contributed by atoms with Crippen molar-refractivity contribution in [1.82, 2.24) is 19.5 Å². The van der Waals surface area contributed by atoms with Gasteiger partial charge in [0.1, 0.15) is 0 Å². The molecule has 3 heterocycles. The normalized spacial score (nSPS) is 23.8. The summed E-state index contributed by atoms with van der Waals surface area (Å²) in [6.45, 7) is 1.97. The zero-order chi connectivity index (χ0) is 18.3. The molecule has 8 nitrogen and oxygen atoms in total. The average molecular weight is 375 g/mol. The fourth-order valence-electron chi connectivity index (χ4n) is 3.75. The standard InChI is InChI=1S/C17H21N5O3S/c1-2-10-9-15(25)22-17(19-10)26-16(20-22)18-11-3-5-12(6-4-11)21-13(23)7-8-14(21)24/h9,11-12H,2-8H2,1H3,(H,18,20). The van der Waals surface area contributed by atoms with E-state index in [1.165, 1.54) is 26.8 Å². The lowest BCUT2D eigenvalue weighted by atomic mass is 9.90. The molecule has 2 aliphatic rings. The van der Waals surface area contributed by atoms with Gasteiger partial charge >= 0.3 is 0 Å². The first kappa shape index (κ1) is 17.1. The van der Waals surface area contributed by atoms with Gasteiger partial charge in [0.15, 0.2) is 0 Å². The molecule has 0 atom stereocenters. The lowest BCUT2D eigenvalue weighted by Crippen LogP contribution is -2.43. The number of likely N-dealkylation sites (tertiary alicyclic amines) is 1. The molecule has 1 N–H and O–H groups in total.